The summed E-state index contributed by atoms with van der Waals surface area (Å²) in [6, 6.07) is 15.0. The molecule has 0 amide bonds. The number of ether oxygens (including phenoxy) is 1. The molecule has 0 fully saturated rings. The largest absolute Gasteiger partial charge is 0.457 e. The van der Waals surface area contributed by atoms with E-state index in [1.54, 1.807) is 31.2 Å². The maximum Gasteiger partial charge on any atom is 0.159 e. The summed E-state index contributed by atoms with van der Waals surface area (Å²) in [6.07, 6.45) is 0. The SMILES string of the molecule is C.CC(=O)c1ccc(Oc2ccc(C)cc2)cc1. The van der Waals surface area contributed by atoms with Gasteiger partial charge in [-0.2, -0.15) is 0 Å². The zero-order valence-corrected chi connectivity index (χ0v) is 9.94. The molecule has 2 heteroatoms. The summed E-state index contributed by atoms with van der Waals surface area (Å²) in [7, 11) is 0. The third kappa shape index (κ3) is 3.45. The van der Waals surface area contributed by atoms with Crippen LogP contribution in [0, 0.1) is 6.92 Å². The molecule has 2 nitrogen and oxygen atoms in total. The Hall–Kier alpha value is -2.09. The zero-order valence-electron chi connectivity index (χ0n) is 9.94. The number of carbonyl (C=O) groups is 1. The number of hydrogen-bond acceptors (Lipinski definition) is 2. The first kappa shape index (κ1) is 14.0. The van der Waals surface area contributed by atoms with E-state index in [4.69, 9.17) is 4.74 Å². The van der Waals surface area contributed by atoms with Crippen molar-refractivity contribution in [1.82, 2.24) is 0 Å². The second kappa shape index (κ2) is 6.01. The van der Waals surface area contributed by atoms with E-state index in [-0.39, 0.29) is 13.2 Å². The number of ketones is 1. The summed E-state index contributed by atoms with van der Waals surface area (Å²) in [5.74, 6) is 1.59. The van der Waals surface area contributed by atoms with Gasteiger partial charge in [0.15, 0.2) is 5.78 Å². The summed E-state index contributed by atoms with van der Waals surface area (Å²) in [6.45, 7) is 3.58. The first-order valence-corrected chi connectivity index (χ1v) is 5.51. The van der Waals surface area contributed by atoms with Gasteiger partial charge >= 0.3 is 0 Å². The third-order valence-corrected chi connectivity index (χ3v) is 2.52. The number of aryl methyl sites for hydroxylation is 1. The minimum absolute atomic E-state index is 0. The van der Waals surface area contributed by atoms with Gasteiger partial charge in [0.2, 0.25) is 0 Å². The molecule has 0 N–H and O–H groups in total. The fourth-order valence-corrected chi connectivity index (χ4v) is 1.50. The lowest BCUT2D eigenvalue weighted by Crippen LogP contribution is -1.91. The number of Topliss-reactive ketones (excluding diaryl/α,β-unsaturated/α-hetero) is 1. The van der Waals surface area contributed by atoms with E-state index < -0.39 is 0 Å². The number of rotatable bonds is 3. The molecular formula is C16H18O2. The number of carbonyl (C=O) groups excluding carboxylic acids is 1. The minimum Gasteiger partial charge on any atom is -0.457 e. The van der Waals surface area contributed by atoms with Gasteiger partial charge in [0.05, 0.1) is 0 Å². The Morgan fingerprint density at radius 2 is 1.33 bits per heavy atom. The number of benzene rings is 2. The molecule has 0 bridgehead atoms. The Bertz CT molecular complexity index is 510. The van der Waals surface area contributed by atoms with Crippen LogP contribution < -0.4 is 4.74 Å². The topological polar surface area (TPSA) is 26.3 Å². The summed E-state index contributed by atoms with van der Waals surface area (Å²) in [4.78, 5) is 11.1. The summed E-state index contributed by atoms with van der Waals surface area (Å²) >= 11 is 0. The number of hydrogen-bond donors (Lipinski definition) is 0. The van der Waals surface area contributed by atoms with Crippen LogP contribution in [0.3, 0.4) is 0 Å². The Balaban J connectivity index is 0.00000162. The third-order valence-electron chi connectivity index (χ3n) is 2.52. The van der Waals surface area contributed by atoms with Gasteiger partial charge in [-0.05, 0) is 50.2 Å². The summed E-state index contributed by atoms with van der Waals surface area (Å²) in [5.41, 5.74) is 1.89. The van der Waals surface area contributed by atoms with Crippen molar-refractivity contribution >= 4 is 5.78 Å². The van der Waals surface area contributed by atoms with Gasteiger partial charge in [0.25, 0.3) is 0 Å². The molecule has 0 aromatic heterocycles. The Labute approximate surface area is 108 Å². The highest BCUT2D eigenvalue weighted by molar-refractivity contribution is 5.94. The molecule has 2 aromatic rings. The fraction of sp³-hybridized carbons (Fsp3) is 0.188. The molecule has 0 saturated heterocycles. The quantitative estimate of drug-likeness (QED) is 0.734. The van der Waals surface area contributed by atoms with Gasteiger partial charge in [0, 0.05) is 5.56 Å². The van der Waals surface area contributed by atoms with E-state index in [2.05, 4.69) is 0 Å². The van der Waals surface area contributed by atoms with Crippen molar-refractivity contribution in [2.75, 3.05) is 0 Å². The van der Waals surface area contributed by atoms with Crippen LogP contribution in [0.2, 0.25) is 0 Å². The van der Waals surface area contributed by atoms with E-state index in [0.29, 0.717) is 5.56 Å². The monoisotopic (exact) mass is 242 g/mol. The molecule has 0 spiro atoms. The standard InChI is InChI=1S/C15H14O2.CH4/c1-11-3-7-14(8-4-11)17-15-9-5-13(6-10-15)12(2)16;/h3-10H,1-2H3;1H4. The van der Waals surface area contributed by atoms with Crippen LogP contribution >= 0.6 is 0 Å². The van der Waals surface area contributed by atoms with E-state index in [1.807, 2.05) is 31.2 Å². The second-order valence-electron chi connectivity index (χ2n) is 4.00. The zero-order chi connectivity index (χ0) is 12.3. The van der Waals surface area contributed by atoms with Crippen LogP contribution in [0.25, 0.3) is 0 Å². The van der Waals surface area contributed by atoms with Gasteiger partial charge in [0.1, 0.15) is 11.5 Å². The van der Waals surface area contributed by atoms with Crippen molar-refractivity contribution in [2.45, 2.75) is 21.3 Å². The van der Waals surface area contributed by atoms with Crippen LogP contribution in [0.15, 0.2) is 48.5 Å². The Kier molecular flexibility index (Phi) is 4.67. The molecule has 2 aromatic carbocycles. The summed E-state index contributed by atoms with van der Waals surface area (Å²) in [5, 5.41) is 0. The average molecular weight is 242 g/mol. The van der Waals surface area contributed by atoms with Gasteiger partial charge in [-0.15, -0.1) is 0 Å². The normalized spacial score (nSPS) is 9.44. The fourth-order valence-electron chi connectivity index (χ4n) is 1.50. The van der Waals surface area contributed by atoms with Crippen molar-refractivity contribution in [3.8, 4) is 11.5 Å². The molecule has 94 valence electrons. The van der Waals surface area contributed by atoms with Gasteiger partial charge in [-0.25, -0.2) is 0 Å². The lowest BCUT2D eigenvalue weighted by molar-refractivity contribution is 0.101. The van der Waals surface area contributed by atoms with Crippen LogP contribution in [0.4, 0.5) is 0 Å². The molecule has 0 saturated carbocycles. The molecule has 0 aliphatic heterocycles. The average Bonchev–Trinajstić information content (AvgIpc) is 2.33. The Morgan fingerprint density at radius 1 is 0.889 bits per heavy atom. The molecular weight excluding hydrogens is 224 g/mol. The molecule has 0 aliphatic carbocycles. The Morgan fingerprint density at radius 3 is 1.78 bits per heavy atom. The molecule has 0 unspecified atom stereocenters. The molecule has 0 radical (unpaired) electrons. The summed E-state index contributed by atoms with van der Waals surface area (Å²) < 4.78 is 5.66. The van der Waals surface area contributed by atoms with E-state index in [0.717, 1.165) is 11.5 Å². The maximum absolute atomic E-state index is 11.1. The first-order valence-electron chi connectivity index (χ1n) is 5.51. The van der Waals surface area contributed by atoms with E-state index >= 15 is 0 Å². The smallest absolute Gasteiger partial charge is 0.159 e. The van der Waals surface area contributed by atoms with Gasteiger partial charge in [-0.3, -0.25) is 4.79 Å². The van der Waals surface area contributed by atoms with Gasteiger partial charge in [-0.1, -0.05) is 25.1 Å². The predicted octanol–water partition coefficient (Wildman–Crippen LogP) is 4.63. The highest BCUT2D eigenvalue weighted by Crippen LogP contribution is 2.21. The molecule has 0 heterocycles. The van der Waals surface area contributed by atoms with Crippen LogP contribution in [-0.4, -0.2) is 5.78 Å². The molecule has 0 aliphatic rings. The van der Waals surface area contributed by atoms with E-state index in [1.165, 1.54) is 5.56 Å². The van der Waals surface area contributed by atoms with Crippen LogP contribution in [0.1, 0.15) is 30.3 Å². The van der Waals surface area contributed by atoms with Crippen molar-refractivity contribution in [2.24, 2.45) is 0 Å². The molecule has 2 rings (SSSR count). The highest BCUT2D eigenvalue weighted by atomic mass is 16.5. The van der Waals surface area contributed by atoms with E-state index in [9.17, 15) is 4.79 Å². The minimum atomic E-state index is 0. The van der Waals surface area contributed by atoms with Crippen LogP contribution in [-0.2, 0) is 0 Å². The molecule has 18 heavy (non-hydrogen) atoms. The van der Waals surface area contributed by atoms with Crippen molar-refractivity contribution in [3.05, 3.63) is 59.7 Å². The van der Waals surface area contributed by atoms with Crippen molar-refractivity contribution < 1.29 is 9.53 Å². The van der Waals surface area contributed by atoms with Crippen molar-refractivity contribution in [1.29, 1.82) is 0 Å². The van der Waals surface area contributed by atoms with Gasteiger partial charge < -0.3 is 4.74 Å². The maximum atomic E-state index is 11.1. The molecule has 0 atom stereocenters. The predicted molar refractivity (Wildman–Crippen MR) is 74.4 cm³/mol. The highest BCUT2D eigenvalue weighted by Gasteiger charge is 2.00. The second-order valence-corrected chi connectivity index (χ2v) is 4.00. The first-order chi connectivity index (χ1) is 8.15. The van der Waals surface area contributed by atoms with Crippen molar-refractivity contribution in [3.63, 3.8) is 0 Å². The lowest BCUT2D eigenvalue weighted by atomic mass is 10.1. The lowest BCUT2D eigenvalue weighted by Gasteiger charge is -2.06. The van der Waals surface area contributed by atoms with Crippen LogP contribution in [0.5, 0.6) is 11.5 Å².